The van der Waals surface area contributed by atoms with Gasteiger partial charge in [-0.1, -0.05) is 6.92 Å². The Labute approximate surface area is 122 Å². The van der Waals surface area contributed by atoms with E-state index in [0.29, 0.717) is 6.04 Å². The molecule has 4 heteroatoms. The average Bonchev–Trinajstić information content (AvgIpc) is 3.01. The van der Waals surface area contributed by atoms with Crippen LogP contribution in [0.1, 0.15) is 31.1 Å². The van der Waals surface area contributed by atoms with E-state index in [4.69, 9.17) is 4.42 Å². The zero-order valence-electron chi connectivity index (χ0n) is 12.9. The van der Waals surface area contributed by atoms with E-state index in [1.165, 1.54) is 24.9 Å². The third-order valence-electron chi connectivity index (χ3n) is 4.67. The van der Waals surface area contributed by atoms with Gasteiger partial charge in [-0.15, -0.1) is 0 Å². The summed E-state index contributed by atoms with van der Waals surface area (Å²) in [7, 11) is 4.38. The van der Waals surface area contributed by atoms with Crippen LogP contribution in [0.25, 0.3) is 0 Å². The summed E-state index contributed by atoms with van der Waals surface area (Å²) in [4.78, 5) is 4.91. The fourth-order valence-electron chi connectivity index (χ4n) is 3.28. The van der Waals surface area contributed by atoms with E-state index in [1.807, 2.05) is 6.26 Å². The number of nitrogens with zero attached hydrogens (tertiary/aromatic N) is 2. The number of furan rings is 1. The fraction of sp³-hybridized carbons (Fsp3) is 0.750. The highest BCUT2D eigenvalue weighted by molar-refractivity contribution is 5.17. The Morgan fingerprint density at radius 3 is 2.80 bits per heavy atom. The molecule has 0 amide bonds. The Morgan fingerprint density at radius 2 is 2.15 bits per heavy atom. The zero-order chi connectivity index (χ0) is 14.1. The summed E-state index contributed by atoms with van der Waals surface area (Å²) >= 11 is 0. The highest BCUT2D eigenvalue weighted by Crippen LogP contribution is 2.24. The Hall–Kier alpha value is -0.840. The van der Waals surface area contributed by atoms with E-state index < -0.39 is 0 Å². The number of likely N-dealkylation sites (tertiary alicyclic amines) is 1. The summed E-state index contributed by atoms with van der Waals surface area (Å²) in [5, 5.41) is 3.54. The zero-order valence-corrected chi connectivity index (χ0v) is 12.9. The van der Waals surface area contributed by atoms with Crippen LogP contribution in [0.15, 0.2) is 16.7 Å². The van der Waals surface area contributed by atoms with Crippen LogP contribution in [-0.4, -0.2) is 49.1 Å². The van der Waals surface area contributed by atoms with E-state index in [2.05, 4.69) is 42.2 Å². The molecule has 1 saturated carbocycles. The second-order valence-corrected chi connectivity index (χ2v) is 6.73. The number of hydrogen-bond acceptors (Lipinski definition) is 4. The van der Waals surface area contributed by atoms with Crippen molar-refractivity contribution in [2.45, 2.75) is 44.9 Å². The highest BCUT2D eigenvalue weighted by Gasteiger charge is 2.31. The van der Waals surface area contributed by atoms with Crippen molar-refractivity contribution in [1.29, 1.82) is 0 Å². The lowest BCUT2D eigenvalue weighted by Crippen LogP contribution is -2.34. The van der Waals surface area contributed by atoms with Gasteiger partial charge in [0.1, 0.15) is 5.76 Å². The molecule has 20 heavy (non-hydrogen) atoms. The molecule has 1 aliphatic heterocycles. The van der Waals surface area contributed by atoms with Crippen molar-refractivity contribution in [3.8, 4) is 0 Å². The Kier molecular flexibility index (Phi) is 4.15. The summed E-state index contributed by atoms with van der Waals surface area (Å²) in [5.41, 5.74) is 1.35. The largest absolute Gasteiger partial charge is 0.468 e. The number of likely N-dealkylation sites (N-methyl/N-ethyl adjacent to an activating group) is 1. The fourth-order valence-corrected chi connectivity index (χ4v) is 3.28. The van der Waals surface area contributed by atoms with E-state index in [9.17, 15) is 0 Å². The van der Waals surface area contributed by atoms with Gasteiger partial charge in [0.2, 0.25) is 0 Å². The minimum Gasteiger partial charge on any atom is -0.468 e. The van der Waals surface area contributed by atoms with Crippen LogP contribution in [-0.2, 0) is 13.1 Å². The normalized spacial score (nSPS) is 27.6. The molecule has 1 saturated heterocycles. The molecular weight excluding hydrogens is 250 g/mol. The first kappa shape index (κ1) is 14.1. The van der Waals surface area contributed by atoms with Crippen molar-refractivity contribution in [2.75, 3.05) is 27.2 Å². The van der Waals surface area contributed by atoms with Gasteiger partial charge in [-0.25, -0.2) is 0 Å². The number of rotatable bonds is 6. The SMILES string of the molecule is CC1CN(Cc2ccoc2CNC2CC2)CC1N(C)C. The van der Waals surface area contributed by atoms with Gasteiger partial charge in [-0.2, -0.15) is 0 Å². The van der Waals surface area contributed by atoms with Crippen LogP contribution in [0.3, 0.4) is 0 Å². The maximum Gasteiger partial charge on any atom is 0.122 e. The average molecular weight is 277 g/mol. The molecule has 0 bridgehead atoms. The second-order valence-electron chi connectivity index (χ2n) is 6.73. The van der Waals surface area contributed by atoms with Gasteiger partial charge >= 0.3 is 0 Å². The van der Waals surface area contributed by atoms with Crippen molar-refractivity contribution in [1.82, 2.24) is 15.1 Å². The summed E-state index contributed by atoms with van der Waals surface area (Å²) in [6, 6.07) is 3.55. The summed E-state index contributed by atoms with van der Waals surface area (Å²) in [6.45, 7) is 6.61. The van der Waals surface area contributed by atoms with Crippen molar-refractivity contribution in [2.24, 2.45) is 5.92 Å². The van der Waals surface area contributed by atoms with Crippen molar-refractivity contribution < 1.29 is 4.42 Å². The highest BCUT2D eigenvalue weighted by atomic mass is 16.3. The lowest BCUT2D eigenvalue weighted by molar-refractivity contribution is 0.249. The van der Waals surface area contributed by atoms with Crippen LogP contribution in [0.5, 0.6) is 0 Å². The molecule has 0 radical (unpaired) electrons. The Balaban J connectivity index is 1.56. The van der Waals surface area contributed by atoms with Crippen molar-refractivity contribution >= 4 is 0 Å². The monoisotopic (exact) mass is 277 g/mol. The molecule has 1 N–H and O–H groups in total. The van der Waals surface area contributed by atoms with Gasteiger partial charge < -0.3 is 14.6 Å². The topological polar surface area (TPSA) is 31.7 Å². The van der Waals surface area contributed by atoms with E-state index >= 15 is 0 Å². The smallest absolute Gasteiger partial charge is 0.122 e. The van der Waals surface area contributed by atoms with Crippen LogP contribution in [0.2, 0.25) is 0 Å². The maximum absolute atomic E-state index is 5.65. The molecule has 112 valence electrons. The van der Waals surface area contributed by atoms with Gasteiger partial charge in [0.15, 0.2) is 0 Å². The first-order valence-electron chi connectivity index (χ1n) is 7.81. The summed E-state index contributed by atoms with van der Waals surface area (Å²) in [6.07, 6.45) is 4.48. The van der Waals surface area contributed by atoms with Crippen molar-refractivity contribution in [3.05, 3.63) is 23.7 Å². The van der Waals surface area contributed by atoms with Gasteiger partial charge in [0.05, 0.1) is 12.8 Å². The first-order valence-corrected chi connectivity index (χ1v) is 7.81. The van der Waals surface area contributed by atoms with Crippen molar-refractivity contribution in [3.63, 3.8) is 0 Å². The van der Waals surface area contributed by atoms with E-state index in [1.54, 1.807) is 0 Å². The van der Waals surface area contributed by atoms with Gasteiger partial charge in [0, 0.05) is 37.3 Å². The first-order chi connectivity index (χ1) is 9.63. The predicted octanol–water partition coefficient (Wildman–Crippen LogP) is 1.91. The Morgan fingerprint density at radius 1 is 1.35 bits per heavy atom. The lowest BCUT2D eigenvalue weighted by Gasteiger charge is -2.22. The van der Waals surface area contributed by atoms with Gasteiger partial charge in [-0.05, 0) is 38.9 Å². The molecule has 0 aromatic carbocycles. The standard InChI is InChI=1S/C16H27N3O/c1-12-9-19(11-15(12)18(2)3)10-13-6-7-20-16(13)8-17-14-4-5-14/h6-7,12,14-15,17H,4-5,8-11H2,1-3H3. The van der Waals surface area contributed by atoms with Crippen LogP contribution >= 0.6 is 0 Å². The molecule has 2 unspecified atom stereocenters. The maximum atomic E-state index is 5.65. The molecule has 1 aliphatic carbocycles. The molecule has 1 aromatic heterocycles. The molecule has 2 heterocycles. The van der Waals surface area contributed by atoms with Gasteiger partial charge in [-0.3, -0.25) is 4.90 Å². The molecule has 0 spiro atoms. The van der Waals surface area contributed by atoms with E-state index in [-0.39, 0.29) is 0 Å². The number of hydrogen-bond donors (Lipinski definition) is 1. The molecule has 3 rings (SSSR count). The third-order valence-corrected chi connectivity index (χ3v) is 4.67. The van der Waals surface area contributed by atoms with Gasteiger partial charge in [0.25, 0.3) is 0 Å². The summed E-state index contributed by atoms with van der Waals surface area (Å²) < 4.78 is 5.65. The quantitative estimate of drug-likeness (QED) is 0.861. The van der Waals surface area contributed by atoms with E-state index in [0.717, 1.165) is 37.4 Å². The lowest BCUT2D eigenvalue weighted by atomic mass is 10.1. The number of nitrogens with one attached hydrogen (secondary N) is 1. The minimum absolute atomic E-state index is 0.676. The molecule has 2 atom stereocenters. The molecule has 1 aromatic rings. The molecule has 2 fully saturated rings. The summed E-state index contributed by atoms with van der Waals surface area (Å²) in [5.74, 6) is 1.86. The van der Waals surface area contributed by atoms with Crippen LogP contribution < -0.4 is 5.32 Å². The second kappa shape index (κ2) is 5.88. The van der Waals surface area contributed by atoms with Crippen LogP contribution in [0.4, 0.5) is 0 Å². The van der Waals surface area contributed by atoms with Crippen LogP contribution in [0, 0.1) is 5.92 Å². The third kappa shape index (κ3) is 3.25. The molecular formula is C16H27N3O. The minimum atomic E-state index is 0.676. The Bertz CT molecular complexity index is 439. The predicted molar refractivity (Wildman–Crippen MR) is 80.5 cm³/mol. The molecule has 2 aliphatic rings. The molecule has 4 nitrogen and oxygen atoms in total.